The lowest BCUT2D eigenvalue weighted by Crippen LogP contribution is -2.08. The van der Waals surface area contributed by atoms with Crippen molar-refractivity contribution in [3.8, 4) is 0 Å². The van der Waals surface area contributed by atoms with Gasteiger partial charge in [-0.15, -0.1) is 10.1 Å². The Morgan fingerprint density at radius 2 is 1.96 bits per heavy atom. The van der Waals surface area contributed by atoms with E-state index in [1.54, 1.807) is 0 Å². The average molecular weight is 354 g/mol. The van der Waals surface area contributed by atoms with Crippen molar-refractivity contribution in [1.29, 1.82) is 0 Å². The van der Waals surface area contributed by atoms with Gasteiger partial charge in [0.25, 0.3) is 5.09 Å². The molecule has 0 bridgehead atoms. The summed E-state index contributed by atoms with van der Waals surface area (Å²) in [6.07, 6.45) is 12.2. The molecule has 132 valence electrons. The van der Waals surface area contributed by atoms with Crippen molar-refractivity contribution >= 4 is 11.6 Å². The Morgan fingerprint density at radius 3 is 2.50 bits per heavy atom. The summed E-state index contributed by atoms with van der Waals surface area (Å²) in [5.41, 5.74) is 1.37. The monoisotopic (exact) mass is 353 g/mol. The molecule has 1 atom stereocenters. The van der Waals surface area contributed by atoms with Gasteiger partial charge in [0, 0.05) is 29.9 Å². The van der Waals surface area contributed by atoms with Gasteiger partial charge in [-0.3, -0.25) is 0 Å². The molecular formula is C17H24ClN3O3. The minimum atomic E-state index is -1.50. The summed E-state index contributed by atoms with van der Waals surface area (Å²) in [6.45, 7) is 3.25. The zero-order valence-electron chi connectivity index (χ0n) is 13.8. The van der Waals surface area contributed by atoms with Crippen LogP contribution in [-0.2, 0) is 6.54 Å². The summed E-state index contributed by atoms with van der Waals surface area (Å²) >= 11 is 5.99. The molecule has 0 aliphatic heterocycles. The number of hydrogen-bond donors (Lipinski definition) is 1. The highest BCUT2D eigenvalue weighted by molar-refractivity contribution is 6.30. The van der Waals surface area contributed by atoms with Crippen LogP contribution in [0.5, 0.6) is 0 Å². The standard InChI is InChI=1S/C17H23ClN2.HNO3/c1-2-3-4-5-6-16(13-20-12-11-19-14-20)15-7-9-17(18)10-8-15;2-1(3)4/h7-12,14,16H,2-6,13H2,1H3;(H,2,3,4). The predicted octanol–water partition coefficient (Wildman–Crippen LogP) is 4.94. The van der Waals surface area contributed by atoms with E-state index in [1.165, 1.54) is 37.7 Å². The fourth-order valence-electron chi connectivity index (χ4n) is 2.57. The van der Waals surface area contributed by atoms with Crippen LogP contribution in [0.25, 0.3) is 0 Å². The molecule has 1 unspecified atom stereocenters. The van der Waals surface area contributed by atoms with Crippen LogP contribution in [0.15, 0.2) is 43.0 Å². The van der Waals surface area contributed by atoms with Gasteiger partial charge in [0.05, 0.1) is 6.33 Å². The van der Waals surface area contributed by atoms with Gasteiger partial charge < -0.3 is 9.77 Å². The van der Waals surface area contributed by atoms with E-state index in [4.69, 9.17) is 26.9 Å². The second-order valence-corrected chi connectivity index (χ2v) is 6.03. The van der Waals surface area contributed by atoms with Crippen LogP contribution in [0.1, 0.15) is 50.5 Å². The fourth-order valence-corrected chi connectivity index (χ4v) is 2.69. The van der Waals surface area contributed by atoms with Crippen LogP contribution < -0.4 is 0 Å². The molecule has 0 radical (unpaired) electrons. The smallest absolute Gasteiger partial charge is 0.291 e. The number of aromatic nitrogens is 2. The molecule has 6 nitrogen and oxygen atoms in total. The Kier molecular flexibility index (Phi) is 9.53. The van der Waals surface area contributed by atoms with Gasteiger partial charge in [0.2, 0.25) is 0 Å². The molecule has 0 fully saturated rings. The number of nitrogens with zero attached hydrogens (tertiary/aromatic N) is 3. The molecule has 0 spiro atoms. The van der Waals surface area contributed by atoms with Crippen LogP contribution in [0.2, 0.25) is 5.02 Å². The predicted molar refractivity (Wildman–Crippen MR) is 94.0 cm³/mol. The van der Waals surface area contributed by atoms with Crippen molar-refractivity contribution in [2.45, 2.75) is 51.5 Å². The van der Waals surface area contributed by atoms with E-state index in [1.807, 2.05) is 30.9 Å². The largest absolute Gasteiger partial charge is 0.337 e. The Hall–Kier alpha value is -2.08. The summed E-state index contributed by atoms with van der Waals surface area (Å²) < 4.78 is 2.17. The maximum atomic E-state index is 8.36. The molecule has 24 heavy (non-hydrogen) atoms. The maximum absolute atomic E-state index is 8.36. The van der Waals surface area contributed by atoms with E-state index >= 15 is 0 Å². The summed E-state index contributed by atoms with van der Waals surface area (Å²) in [7, 11) is 0. The lowest BCUT2D eigenvalue weighted by atomic mass is 9.93. The molecule has 0 aliphatic carbocycles. The topological polar surface area (TPSA) is 81.2 Å². The molecule has 7 heteroatoms. The Balaban J connectivity index is 0.000000648. The third-order valence-electron chi connectivity index (χ3n) is 3.74. The van der Waals surface area contributed by atoms with Crippen molar-refractivity contribution in [3.05, 3.63) is 63.7 Å². The Bertz CT molecular complexity index is 569. The van der Waals surface area contributed by atoms with Crippen molar-refractivity contribution in [3.63, 3.8) is 0 Å². The lowest BCUT2D eigenvalue weighted by molar-refractivity contribution is -0.742. The number of halogens is 1. The second-order valence-electron chi connectivity index (χ2n) is 5.60. The molecule has 2 aromatic rings. The maximum Gasteiger partial charge on any atom is 0.291 e. The number of imidazole rings is 1. The van der Waals surface area contributed by atoms with Gasteiger partial charge in [0.15, 0.2) is 0 Å². The Labute approximate surface area is 147 Å². The SMILES string of the molecule is CCCCCCC(Cn1ccnc1)c1ccc(Cl)cc1.O=[N+]([O-])O. The second kappa shape index (κ2) is 11.5. The summed E-state index contributed by atoms with van der Waals surface area (Å²) in [4.78, 5) is 12.5. The van der Waals surface area contributed by atoms with Crippen LogP contribution in [0, 0.1) is 10.1 Å². The van der Waals surface area contributed by atoms with Crippen molar-refractivity contribution < 1.29 is 10.3 Å². The normalized spacial score (nSPS) is 11.4. The van der Waals surface area contributed by atoms with Gasteiger partial charge >= 0.3 is 0 Å². The highest BCUT2D eigenvalue weighted by Gasteiger charge is 2.12. The van der Waals surface area contributed by atoms with E-state index < -0.39 is 5.09 Å². The van der Waals surface area contributed by atoms with E-state index in [-0.39, 0.29) is 0 Å². The van der Waals surface area contributed by atoms with Crippen molar-refractivity contribution in [2.24, 2.45) is 0 Å². The molecule has 1 aromatic carbocycles. The zero-order chi connectivity index (χ0) is 17.8. The highest BCUT2D eigenvalue weighted by Crippen LogP contribution is 2.26. The molecule has 2 rings (SSSR count). The molecule has 0 saturated heterocycles. The molecule has 1 aromatic heterocycles. The van der Waals surface area contributed by atoms with Gasteiger partial charge in [-0.2, -0.15) is 0 Å². The van der Waals surface area contributed by atoms with Crippen molar-refractivity contribution in [2.75, 3.05) is 0 Å². The van der Waals surface area contributed by atoms with E-state index in [0.29, 0.717) is 5.92 Å². The molecule has 1 heterocycles. The lowest BCUT2D eigenvalue weighted by Gasteiger charge is -2.18. The van der Waals surface area contributed by atoms with Crippen molar-refractivity contribution in [1.82, 2.24) is 9.55 Å². The minimum Gasteiger partial charge on any atom is -0.337 e. The van der Waals surface area contributed by atoms with Gasteiger partial charge in [-0.1, -0.05) is 56.3 Å². The number of rotatable bonds is 8. The third-order valence-corrected chi connectivity index (χ3v) is 3.99. The van der Waals surface area contributed by atoms with Gasteiger partial charge in [-0.25, -0.2) is 4.98 Å². The first-order valence-corrected chi connectivity index (χ1v) is 8.45. The fraction of sp³-hybridized carbons (Fsp3) is 0.471. The summed E-state index contributed by atoms with van der Waals surface area (Å²) in [6, 6.07) is 8.29. The van der Waals surface area contributed by atoms with Crippen LogP contribution >= 0.6 is 11.6 Å². The first kappa shape index (κ1) is 20.0. The minimum absolute atomic E-state index is 0.540. The van der Waals surface area contributed by atoms with Gasteiger partial charge in [0.1, 0.15) is 0 Å². The third kappa shape index (κ3) is 8.53. The number of hydrogen-bond acceptors (Lipinski definition) is 3. The van der Waals surface area contributed by atoms with Crippen LogP contribution in [-0.4, -0.2) is 19.8 Å². The van der Waals surface area contributed by atoms with E-state index in [9.17, 15) is 0 Å². The summed E-state index contributed by atoms with van der Waals surface area (Å²) in [5, 5.41) is 14.4. The molecule has 0 saturated carbocycles. The summed E-state index contributed by atoms with van der Waals surface area (Å²) in [5.74, 6) is 0.540. The number of benzene rings is 1. The molecule has 1 N–H and O–H groups in total. The average Bonchev–Trinajstić information content (AvgIpc) is 3.04. The highest BCUT2D eigenvalue weighted by atomic mass is 35.5. The number of unbranched alkanes of at least 4 members (excludes halogenated alkanes) is 3. The molecule has 0 amide bonds. The first-order valence-electron chi connectivity index (χ1n) is 8.07. The van der Waals surface area contributed by atoms with E-state index in [2.05, 4.69) is 28.6 Å². The first-order chi connectivity index (χ1) is 11.5. The van der Waals surface area contributed by atoms with Gasteiger partial charge in [-0.05, 0) is 24.1 Å². The molecular weight excluding hydrogens is 330 g/mol. The Morgan fingerprint density at radius 1 is 1.29 bits per heavy atom. The quantitative estimate of drug-likeness (QED) is 0.414. The molecule has 0 aliphatic rings. The van der Waals surface area contributed by atoms with Crippen LogP contribution in [0.4, 0.5) is 0 Å². The van der Waals surface area contributed by atoms with E-state index in [0.717, 1.165) is 11.6 Å². The van der Waals surface area contributed by atoms with Crippen LogP contribution in [0.3, 0.4) is 0 Å². The zero-order valence-corrected chi connectivity index (χ0v) is 14.6.